The molecule has 6 radical (unpaired) electrons. The summed E-state index contributed by atoms with van der Waals surface area (Å²) >= 11 is 0. The molecule has 0 aromatic heterocycles. The van der Waals surface area contributed by atoms with Gasteiger partial charge in [-0.2, -0.15) is 0 Å². The monoisotopic (exact) mass is 220 g/mol. The molecule has 0 amide bonds. The SMILES string of the molecule is CCC=NCCC.CCC=NCCC.[B].[B]. The topological polar surface area (TPSA) is 24.7 Å². The van der Waals surface area contributed by atoms with Gasteiger partial charge in [0.25, 0.3) is 0 Å². The number of aliphatic imine (C=N–C) groups is 2. The molecule has 0 bridgehead atoms. The zero-order valence-corrected chi connectivity index (χ0v) is 11.4. The maximum atomic E-state index is 4.08. The van der Waals surface area contributed by atoms with Gasteiger partial charge in [0.2, 0.25) is 0 Å². The molecule has 0 fully saturated rings. The van der Waals surface area contributed by atoms with Crippen molar-refractivity contribution in [1.82, 2.24) is 0 Å². The van der Waals surface area contributed by atoms with Crippen molar-refractivity contribution >= 4 is 29.3 Å². The molecule has 0 saturated heterocycles. The van der Waals surface area contributed by atoms with Crippen LogP contribution >= 0.6 is 0 Å². The van der Waals surface area contributed by atoms with Crippen LogP contribution in [0.3, 0.4) is 0 Å². The Bertz CT molecular complexity index is 121. The van der Waals surface area contributed by atoms with Gasteiger partial charge < -0.3 is 0 Å². The summed E-state index contributed by atoms with van der Waals surface area (Å²) in [6.07, 6.45) is 8.39. The Hall–Kier alpha value is -0.530. The van der Waals surface area contributed by atoms with Gasteiger partial charge in [-0.05, 0) is 38.1 Å². The van der Waals surface area contributed by atoms with Crippen LogP contribution in [0.2, 0.25) is 0 Å². The first kappa shape index (κ1) is 24.6. The molecule has 0 aromatic carbocycles. The van der Waals surface area contributed by atoms with E-state index in [0.717, 1.165) is 38.8 Å². The predicted molar refractivity (Wildman–Crippen MR) is 79.4 cm³/mol. The molecule has 0 aliphatic carbocycles. The van der Waals surface area contributed by atoms with Gasteiger partial charge in [-0.15, -0.1) is 0 Å². The lowest BCUT2D eigenvalue weighted by atomic mass is 10.5. The van der Waals surface area contributed by atoms with Crippen molar-refractivity contribution in [3.8, 4) is 0 Å². The van der Waals surface area contributed by atoms with Crippen molar-refractivity contribution in [2.45, 2.75) is 53.4 Å². The quantitative estimate of drug-likeness (QED) is 0.485. The largest absolute Gasteiger partial charge is 0.298 e. The highest BCUT2D eigenvalue weighted by atomic mass is 14.7. The van der Waals surface area contributed by atoms with Gasteiger partial charge in [-0.3, -0.25) is 9.98 Å². The Morgan fingerprint density at radius 2 is 1.00 bits per heavy atom. The van der Waals surface area contributed by atoms with Crippen LogP contribution < -0.4 is 0 Å². The molecule has 0 spiro atoms. The molecule has 0 aliphatic heterocycles. The van der Waals surface area contributed by atoms with Crippen LogP contribution in [0.4, 0.5) is 0 Å². The van der Waals surface area contributed by atoms with Gasteiger partial charge in [0.1, 0.15) is 0 Å². The molecule has 0 atom stereocenters. The summed E-state index contributed by atoms with van der Waals surface area (Å²) in [5.74, 6) is 0. The van der Waals surface area contributed by atoms with Gasteiger partial charge >= 0.3 is 0 Å². The molecule has 0 N–H and O–H groups in total. The maximum absolute atomic E-state index is 4.08. The van der Waals surface area contributed by atoms with Crippen LogP contribution in [-0.4, -0.2) is 42.3 Å². The zero-order valence-electron chi connectivity index (χ0n) is 11.4. The third-order valence-corrected chi connectivity index (χ3v) is 1.33. The summed E-state index contributed by atoms with van der Waals surface area (Å²) in [6.45, 7) is 10.4. The second-order valence-electron chi connectivity index (χ2n) is 2.99. The van der Waals surface area contributed by atoms with E-state index in [9.17, 15) is 0 Å². The van der Waals surface area contributed by atoms with Crippen molar-refractivity contribution in [3.63, 3.8) is 0 Å². The summed E-state index contributed by atoms with van der Waals surface area (Å²) in [7, 11) is 0. The fourth-order valence-corrected chi connectivity index (χ4v) is 0.699. The number of hydrogen-bond donors (Lipinski definition) is 0. The third-order valence-electron chi connectivity index (χ3n) is 1.33. The van der Waals surface area contributed by atoms with Crippen molar-refractivity contribution in [1.29, 1.82) is 0 Å². The van der Waals surface area contributed by atoms with E-state index >= 15 is 0 Å². The van der Waals surface area contributed by atoms with E-state index in [2.05, 4.69) is 37.7 Å². The maximum Gasteiger partial charge on any atom is 0.0382 e. The number of hydrogen-bond acceptors (Lipinski definition) is 2. The minimum atomic E-state index is 0. The standard InChI is InChI=1S/2C6H13N.2B/c2*1-3-5-7-6-4-2;;/h2*5H,3-4,6H2,1-2H3;;. The second-order valence-corrected chi connectivity index (χ2v) is 2.99. The van der Waals surface area contributed by atoms with Crippen molar-refractivity contribution < 1.29 is 0 Å². The highest BCUT2D eigenvalue weighted by molar-refractivity contribution is 5.76. The fourth-order valence-electron chi connectivity index (χ4n) is 0.699. The molecule has 0 rings (SSSR count). The van der Waals surface area contributed by atoms with E-state index in [4.69, 9.17) is 0 Å². The van der Waals surface area contributed by atoms with Crippen molar-refractivity contribution in [2.24, 2.45) is 9.98 Å². The van der Waals surface area contributed by atoms with Crippen LogP contribution in [0.25, 0.3) is 0 Å². The molecule has 0 saturated carbocycles. The fraction of sp³-hybridized carbons (Fsp3) is 0.833. The van der Waals surface area contributed by atoms with Crippen LogP contribution in [0, 0.1) is 0 Å². The average molecular weight is 220 g/mol. The lowest BCUT2D eigenvalue weighted by molar-refractivity contribution is 0.932. The van der Waals surface area contributed by atoms with E-state index in [1.165, 1.54) is 0 Å². The molecule has 0 aliphatic rings. The van der Waals surface area contributed by atoms with Crippen LogP contribution in [-0.2, 0) is 0 Å². The number of nitrogens with zero attached hydrogens (tertiary/aromatic N) is 2. The normalized spacial score (nSPS) is 9.25. The Morgan fingerprint density at radius 1 is 0.688 bits per heavy atom. The Kier molecular flexibility index (Phi) is 45.0. The van der Waals surface area contributed by atoms with Crippen molar-refractivity contribution in [2.75, 3.05) is 13.1 Å². The lowest BCUT2D eigenvalue weighted by Crippen LogP contribution is -1.74. The third kappa shape index (κ3) is 37.5. The summed E-state index contributed by atoms with van der Waals surface area (Å²) < 4.78 is 0. The van der Waals surface area contributed by atoms with Crippen LogP contribution in [0.5, 0.6) is 0 Å². The van der Waals surface area contributed by atoms with Gasteiger partial charge in [-0.25, -0.2) is 0 Å². The van der Waals surface area contributed by atoms with Gasteiger partial charge in [0.15, 0.2) is 0 Å². The minimum absolute atomic E-state index is 0. The van der Waals surface area contributed by atoms with E-state index in [1.807, 2.05) is 12.4 Å². The minimum Gasteiger partial charge on any atom is -0.298 e. The van der Waals surface area contributed by atoms with E-state index in [0.29, 0.717) is 0 Å². The second kappa shape index (κ2) is 29.3. The first-order valence-corrected chi connectivity index (χ1v) is 5.79. The predicted octanol–water partition coefficient (Wildman–Crippen LogP) is 2.99. The molecule has 16 heavy (non-hydrogen) atoms. The first-order valence-electron chi connectivity index (χ1n) is 5.79. The van der Waals surface area contributed by atoms with Crippen molar-refractivity contribution in [3.05, 3.63) is 0 Å². The van der Waals surface area contributed by atoms with Crippen LogP contribution in [0.1, 0.15) is 53.4 Å². The Labute approximate surface area is 106 Å². The highest BCUT2D eigenvalue weighted by Crippen LogP contribution is 1.76. The van der Waals surface area contributed by atoms with Gasteiger partial charge in [0, 0.05) is 29.9 Å². The van der Waals surface area contributed by atoms with E-state index < -0.39 is 0 Å². The zero-order chi connectivity index (χ0) is 11.1. The van der Waals surface area contributed by atoms with E-state index in [-0.39, 0.29) is 16.8 Å². The molecule has 0 unspecified atom stereocenters. The summed E-state index contributed by atoms with van der Waals surface area (Å²) in [6, 6.07) is 0. The van der Waals surface area contributed by atoms with Gasteiger partial charge in [-0.1, -0.05) is 27.7 Å². The number of rotatable bonds is 6. The Balaban J connectivity index is -0.0000000800. The molecule has 0 heterocycles. The summed E-state index contributed by atoms with van der Waals surface area (Å²) in [5, 5.41) is 0. The molecular formula is C12H26B2N2. The van der Waals surface area contributed by atoms with E-state index in [1.54, 1.807) is 0 Å². The Morgan fingerprint density at radius 3 is 1.19 bits per heavy atom. The summed E-state index contributed by atoms with van der Waals surface area (Å²) in [4.78, 5) is 8.17. The summed E-state index contributed by atoms with van der Waals surface area (Å²) in [5.41, 5.74) is 0. The lowest BCUT2D eigenvalue weighted by Gasteiger charge is -1.80. The molecule has 2 nitrogen and oxygen atoms in total. The molecular weight excluding hydrogens is 194 g/mol. The average Bonchev–Trinajstić information content (AvgIpc) is 2.21. The van der Waals surface area contributed by atoms with Gasteiger partial charge in [0.05, 0.1) is 0 Å². The van der Waals surface area contributed by atoms with Crippen LogP contribution in [0.15, 0.2) is 9.98 Å². The molecule has 4 heteroatoms. The first-order chi connectivity index (χ1) is 6.83. The highest BCUT2D eigenvalue weighted by Gasteiger charge is 1.68. The molecule has 90 valence electrons. The molecule has 0 aromatic rings. The smallest absolute Gasteiger partial charge is 0.0382 e.